The number of nitrogens with zero attached hydrogens (tertiary/aromatic N) is 5. The Hall–Kier alpha value is -2.64. The van der Waals surface area contributed by atoms with Crippen molar-refractivity contribution in [2.24, 2.45) is 0 Å². The van der Waals surface area contributed by atoms with E-state index in [1.54, 1.807) is 25.7 Å². The van der Waals surface area contributed by atoms with E-state index < -0.39 is 5.60 Å². The molecular formula is C20H23N5O2. The third kappa shape index (κ3) is 3.74. The number of benzene rings is 1. The second kappa shape index (κ2) is 7.54. The van der Waals surface area contributed by atoms with Gasteiger partial charge in [0.15, 0.2) is 0 Å². The molecule has 3 heterocycles. The molecule has 1 fully saturated rings. The molecule has 4 rings (SSSR count). The average molecular weight is 365 g/mol. The van der Waals surface area contributed by atoms with Crippen molar-refractivity contribution >= 4 is 0 Å². The summed E-state index contributed by atoms with van der Waals surface area (Å²) in [6, 6.07) is 8.65. The molecule has 0 aliphatic carbocycles. The third-order valence-corrected chi connectivity index (χ3v) is 5.15. The van der Waals surface area contributed by atoms with Gasteiger partial charge in [0, 0.05) is 39.1 Å². The summed E-state index contributed by atoms with van der Waals surface area (Å²) in [7, 11) is 1.71. The lowest BCUT2D eigenvalue weighted by Gasteiger charge is -2.38. The molecule has 3 aromatic rings. The first-order valence-electron chi connectivity index (χ1n) is 9.12. The van der Waals surface area contributed by atoms with Crippen LogP contribution in [-0.4, -0.2) is 45.2 Å². The van der Waals surface area contributed by atoms with Gasteiger partial charge in [-0.15, -0.1) is 0 Å². The van der Waals surface area contributed by atoms with E-state index in [-0.39, 0.29) is 0 Å². The Balaban J connectivity index is 1.46. The number of aromatic nitrogens is 4. The zero-order valence-corrected chi connectivity index (χ0v) is 15.6. The minimum Gasteiger partial charge on any atom is -0.368 e. The number of methoxy groups -OCH3 is 1. The predicted octanol–water partition coefficient (Wildman–Crippen LogP) is 2.97. The zero-order valence-electron chi connectivity index (χ0n) is 15.6. The molecule has 0 bridgehead atoms. The number of likely N-dealkylation sites (tertiary alicyclic amines) is 1. The summed E-state index contributed by atoms with van der Waals surface area (Å²) in [6.45, 7) is 4.88. The van der Waals surface area contributed by atoms with Crippen LogP contribution in [0.4, 0.5) is 0 Å². The smallest absolute Gasteiger partial charge is 0.259 e. The Bertz CT molecular complexity index is 888. The van der Waals surface area contributed by atoms with E-state index in [0.29, 0.717) is 17.4 Å². The normalized spacial score (nSPS) is 17.1. The van der Waals surface area contributed by atoms with E-state index >= 15 is 0 Å². The Morgan fingerprint density at radius 1 is 1.22 bits per heavy atom. The lowest BCUT2D eigenvalue weighted by molar-refractivity contribution is -0.0838. The minimum atomic E-state index is -0.545. The third-order valence-electron chi connectivity index (χ3n) is 5.15. The Kier molecular flexibility index (Phi) is 4.96. The Morgan fingerprint density at radius 2 is 2.07 bits per heavy atom. The SMILES string of the molecule is COC1(c2nc(-c3cnccn3)no2)CCN(Cc2cccc(C)c2)CC1. The summed E-state index contributed by atoms with van der Waals surface area (Å²) in [4.78, 5) is 15.3. The summed E-state index contributed by atoms with van der Waals surface area (Å²) in [5.74, 6) is 0.956. The molecule has 0 amide bonds. The number of hydrogen-bond acceptors (Lipinski definition) is 7. The van der Waals surface area contributed by atoms with E-state index in [1.807, 2.05) is 0 Å². The molecule has 0 unspecified atom stereocenters. The summed E-state index contributed by atoms with van der Waals surface area (Å²) < 4.78 is 11.4. The molecular weight excluding hydrogens is 342 g/mol. The second-order valence-corrected chi connectivity index (χ2v) is 6.98. The largest absolute Gasteiger partial charge is 0.368 e. The maximum atomic E-state index is 5.87. The molecule has 2 aromatic heterocycles. The van der Waals surface area contributed by atoms with Gasteiger partial charge in [-0.2, -0.15) is 4.98 Å². The maximum Gasteiger partial charge on any atom is 0.259 e. The molecule has 1 saturated heterocycles. The first-order chi connectivity index (χ1) is 13.2. The number of hydrogen-bond donors (Lipinski definition) is 0. The van der Waals surface area contributed by atoms with Gasteiger partial charge in [0.2, 0.25) is 5.82 Å². The van der Waals surface area contributed by atoms with Crippen molar-refractivity contribution in [2.75, 3.05) is 20.2 Å². The standard InChI is InChI=1S/C20H23N5O2/c1-15-4-3-5-16(12-15)14-25-10-6-20(26-2,7-11-25)19-23-18(24-27-19)17-13-21-8-9-22-17/h3-5,8-9,12-13H,6-7,10-11,14H2,1-2H3. The van der Waals surface area contributed by atoms with Gasteiger partial charge in [-0.25, -0.2) is 4.98 Å². The quantitative estimate of drug-likeness (QED) is 0.688. The van der Waals surface area contributed by atoms with Crippen molar-refractivity contribution in [2.45, 2.75) is 31.9 Å². The summed E-state index contributed by atoms with van der Waals surface area (Å²) in [6.07, 6.45) is 6.46. The van der Waals surface area contributed by atoms with Gasteiger partial charge in [-0.1, -0.05) is 35.0 Å². The predicted molar refractivity (Wildman–Crippen MR) is 99.7 cm³/mol. The van der Waals surface area contributed by atoms with Gasteiger partial charge in [-0.3, -0.25) is 9.88 Å². The fourth-order valence-corrected chi connectivity index (χ4v) is 3.57. The molecule has 0 saturated carbocycles. The van der Waals surface area contributed by atoms with E-state index in [4.69, 9.17) is 9.26 Å². The maximum absolute atomic E-state index is 5.87. The van der Waals surface area contributed by atoms with Crippen LogP contribution in [-0.2, 0) is 16.9 Å². The molecule has 7 nitrogen and oxygen atoms in total. The van der Waals surface area contributed by atoms with Crippen LogP contribution in [0.25, 0.3) is 11.5 Å². The van der Waals surface area contributed by atoms with E-state index in [1.165, 1.54) is 11.1 Å². The van der Waals surface area contributed by atoms with Crippen molar-refractivity contribution in [1.29, 1.82) is 0 Å². The number of piperidine rings is 1. The van der Waals surface area contributed by atoms with E-state index in [0.717, 1.165) is 32.5 Å². The average Bonchev–Trinajstić information content (AvgIpc) is 3.20. The van der Waals surface area contributed by atoms with Crippen LogP contribution in [0.3, 0.4) is 0 Å². The number of aryl methyl sites for hydroxylation is 1. The summed E-state index contributed by atoms with van der Waals surface area (Å²) in [5.41, 5.74) is 2.67. The summed E-state index contributed by atoms with van der Waals surface area (Å²) >= 11 is 0. The Labute approximate surface area is 158 Å². The van der Waals surface area contributed by atoms with Gasteiger partial charge in [0.05, 0.1) is 6.20 Å². The molecule has 0 atom stereocenters. The molecule has 0 radical (unpaired) electrons. The van der Waals surface area contributed by atoms with Crippen LogP contribution in [0.15, 0.2) is 47.4 Å². The second-order valence-electron chi connectivity index (χ2n) is 6.98. The van der Waals surface area contributed by atoms with Crippen LogP contribution in [0.2, 0.25) is 0 Å². The monoisotopic (exact) mass is 365 g/mol. The molecule has 7 heteroatoms. The molecule has 0 spiro atoms. The van der Waals surface area contributed by atoms with Crippen LogP contribution >= 0.6 is 0 Å². The van der Waals surface area contributed by atoms with Crippen molar-refractivity contribution < 1.29 is 9.26 Å². The fourth-order valence-electron chi connectivity index (χ4n) is 3.57. The van der Waals surface area contributed by atoms with Crippen molar-refractivity contribution in [3.05, 3.63) is 59.9 Å². The van der Waals surface area contributed by atoms with Crippen LogP contribution in [0, 0.1) is 6.92 Å². The number of ether oxygens (including phenoxy) is 1. The molecule has 1 aromatic carbocycles. The molecule has 140 valence electrons. The summed E-state index contributed by atoms with van der Waals surface area (Å²) in [5, 5.41) is 4.07. The van der Waals surface area contributed by atoms with Crippen molar-refractivity contribution in [3.8, 4) is 11.5 Å². The topological polar surface area (TPSA) is 77.2 Å². The minimum absolute atomic E-state index is 0.441. The fraction of sp³-hybridized carbons (Fsp3) is 0.400. The highest BCUT2D eigenvalue weighted by molar-refractivity contribution is 5.45. The van der Waals surface area contributed by atoms with Gasteiger partial charge < -0.3 is 9.26 Å². The van der Waals surface area contributed by atoms with Crippen LogP contribution in [0.5, 0.6) is 0 Å². The van der Waals surface area contributed by atoms with Crippen LogP contribution < -0.4 is 0 Å². The zero-order chi connectivity index (χ0) is 18.7. The van der Waals surface area contributed by atoms with Gasteiger partial charge in [0.1, 0.15) is 11.3 Å². The van der Waals surface area contributed by atoms with E-state index in [9.17, 15) is 0 Å². The van der Waals surface area contributed by atoms with Gasteiger partial charge in [-0.05, 0) is 25.3 Å². The highest BCUT2D eigenvalue weighted by Gasteiger charge is 2.41. The van der Waals surface area contributed by atoms with Gasteiger partial charge >= 0.3 is 0 Å². The lowest BCUT2D eigenvalue weighted by atomic mass is 9.90. The first-order valence-corrected chi connectivity index (χ1v) is 9.12. The molecule has 1 aliphatic rings. The van der Waals surface area contributed by atoms with Crippen molar-refractivity contribution in [3.63, 3.8) is 0 Å². The highest BCUT2D eigenvalue weighted by Crippen LogP contribution is 2.36. The highest BCUT2D eigenvalue weighted by atomic mass is 16.5. The van der Waals surface area contributed by atoms with Crippen molar-refractivity contribution in [1.82, 2.24) is 25.0 Å². The molecule has 0 N–H and O–H groups in total. The Morgan fingerprint density at radius 3 is 2.78 bits per heavy atom. The van der Waals surface area contributed by atoms with E-state index in [2.05, 4.69) is 56.2 Å². The molecule has 27 heavy (non-hydrogen) atoms. The molecule has 1 aliphatic heterocycles. The van der Waals surface area contributed by atoms with Gasteiger partial charge in [0.25, 0.3) is 5.89 Å². The number of rotatable bonds is 5. The first kappa shape index (κ1) is 17.8. The lowest BCUT2D eigenvalue weighted by Crippen LogP contribution is -2.43. The van der Waals surface area contributed by atoms with Crippen LogP contribution in [0.1, 0.15) is 29.9 Å².